The number of likely N-dealkylation sites (N-methyl/N-ethyl adjacent to an activating group) is 1. The van der Waals surface area contributed by atoms with Crippen LogP contribution >= 0.6 is 0 Å². The molecule has 0 aliphatic heterocycles. The van der Waals surface area contributed by atoms with Crippen molar-refractivity contribution < 1.29 is 26.7 Å². The molecule has 4 aromatic rings. The van der Waals surface area contributed by atoms with Gasteiger partial charge in [-0.1, -0.05) is 6.07 Å². The van der Waals surface area contributed by atoms with Gasteiger partial charge < -0.3 is 4.90 Å². The lowest BCUT2D eigenvalue weighted by Crippen LogP contribution is -2.42. The third-order valence-electron chi connectivity index (χ3n) is 6.55. The van der Waals surface area contributed by atoms with E-state index in [9.17, 15) is 26.7 Å². The monoisotopic (exact) mass is 516 g/mol. The van der Waals surface area contributed by atoms with Crippen LogP contribution in [0.1, 0.15) is 37.5 Å². The molecule has 2 heterocycles. The van der Waals surface area contributed by atoms with Crippen molar-refractivity contribution >= 4 is 22.6 Å². The fourth-order valence-electron chi connectivity index (χ4n) is 4.46. The Bertz CT molecular complexity index is 1510. The van der Waals surface area contributed by atoms with Crippen molar-refractivity contribution in [1.29, 1.82) is 0 Å². The summed E-state index contributed by atoms with van der Waals surface area (Å²) in [7, 11) is 1.48. The molecular weight excluding hydrogens is 491 g/mol. The predicted octanol–water partition coefficient (Wildman–Crippen LogP) is 6.66. The van der Waals surface area contributed by atoms with E-state index >= 15 is 0 Å². The summed E-state index contributed by atoms with van der Waals surface area (Å²) in [5.41, 5.74) is -0.0977. The number of nitrogens with zero attached hydrogens (tertiary/aromatic N) is 4. The Balaban J connectivity index is 1.88. The van der Waals surface area contributed by atoms with E-state index in [4.69, 9.17) is 0 Å². The molecule has 0 aliphatic rings. The van der Waals surface area contributed by atoms with Gasteiger partial charge in [-0.05, 0) is 74.7 Å². The molecule has 0 N–H and O–H groups in total. The number of amides is 1. The molecule has 0 atom stereocenters. The van der Waals surface area contributed by atoms with Gasteiger partial charge in [-0.15, -0.1) is 0 Å². The summed E-state index contributed by atoms with van der Waals surface area (Å²) < 4.78 is 69.8. The highest BCUT2D eigenvalue weighted by Gasteiger charge is 2.38. The van der Waals surface area contributed by atoms with Crippen LogP contribution in [0.2, 0.25) is 0 Å². The molecular formula is C27H25F5N4O. The number of halogens is 5. The lowest BCUT2D eigenvalue weighted by atomic mass is 9.82. The second-order valence-corrected chi connectivity index (χ2v) is 9.39. The molecule has 0 spiro atoms. The Kier molecular flexibility index (Phi) is 6.56. The van der Waals surface area contributed by atoms with Crippen molar-refractivity contribution in [2.75, 3.05) is 11.9 Å². The Hall–Kier alpha value is -3.82. The van der Waals surface area contributed by atoms with E-state index in [0.717, 1.165) is 12.1 Å². The molecule has 2 aromatic heterocycles. The number of pyridine rings is 1. The summed E-state index contributed by atoms with van der Waals surface area (Å²) in [6.07, 6.45) is -1.68. The zero-order valence-electron chi connectivity index (χ0n) is 20.9. The first-order valence-corrected chi connectivity index (χ1v) is 11.5. The fraction of sp³-hybridized carbons (Fsp3) is 0.296. The maximum Gasteiger partial charge on any atom is 0.416 e. The first-order valence-electron chi connectivity index (χ1n) is 11.5. The molecule has 0 saturated heterocycles. The van der Waals surface area contributed by atoms with E-state index in [1.54, 1.807) is 23.9 Å². The summed E-state index contributed by atoms with van der Waals surface area (Å²) in [4.78, 5) is 19.5. The van der Waals surface area contributed by atoms with Crippen LogP contribution in [0.15, 0.2) is 48.8 Å². The Labute approximate surface area is 210 Å². The van der Waals surface area contributed by atoms with Gasteiger partial charge >= 0.3 is 6.18 Å². The van der Waals surface area contributed by atoms with E-state index < -0.39 is 34.7 Å². The molecule has 5 nitrogen and oxygen atoms in total. The van der Waals surface area contributed by atoms with Crippen LogP contribution < -0.4 is 4.90 Å². The molecule has 0 saturated carbocycles. The average molecular weight is 517 g/mol. The number of rotatable bonds is 5. The van der Waals surface area contributed by atoms with Crippen LogP contribution in [-0.4, -0.2) is 27.7 Å². The topological polar surface area (TPSA) is 51.0 Å². The molecule has 0 fully saturated rings. The van der Waals surface area contributed by atoms with Crippen LogP contribution in [0.25, 0.3) is 22.2 Å². The lowest BCUT2D eigenvalue weighted by molar-refractivity contribution is -0.138. The Morgan fingerprint density at radius 2 is 1.68 bits per heavy atom. The predicted molar refractivity (Wildman–Crippen MR) is 131 cm³/mol. The number of aryl methyl sites for hydroxylation is 2. The van der Waals surface area contributed by atoms with E-state index in [0.29, 0.717) is 46.0 Å². The zero-order valence-corrected chi connectivity index (χ0v) is 20.9. The van der Waals surface area contributed by atoms with Crippen molar-refractivity contribution in [3.8, 4) is 11.1 Å². The van der Waals surface area contributed by atoms with Crippen LogP contribution in [0.3, 0.4) is 0 Å². The maximum atomic E-state index is 14.2. The molecule has 10 heteroatoms. The molecule has 0 bridgehead atoms. The van der Waals surface area contributed by atoms with Gasteiger partial charge in [-0.25, -0.2) is 18.4 Å². The molecule has 194 valence electrons. The van der Waals surface area contributed by atoms with E-state index in [2.05, 4.69) is 10.1 Å². The van der Waals surface area contributed by atoms with Gasteiger partial charge in [0.1, 0.15) is 11.6 Å². The van der Waals surface area contributed by atoms with Gasteiger partial charge in [-0.2, -0.15) is 18.3 Å². The number of hydrogen-bond acceptors (Lipinski definition) is 3. The molecule has 0 aliphatic carbocycles. The lowest BCUT2D eigenvalue weighted by Gasteiger charge is -2.31. The van der Waals surface area contributed by atoms with Crippen molar-refractivity contribution in [1.82, 2.24) is 14.8 Å². The van der Waals surface area contributed by atoms with Gasteiger partial charge in [0.15, 0.2) is 5.65 Å². The van der Waals surface area contributed by atoms with Gasteiger partial charge in [0.05, 0.1) is 29.1 Å². The van der Waals surface area contributed by atoms with Gasteiger partial charge in [-0.3, -0.25) is 4.79 Å². The second kappa shape index (κ2) is 9.24. The number of benzene rings is 2. The number of anilines is 1. The molecule has 37 heavy (non-hydrogen) atoms. The highest BCUT2D eigenvalue weighted by molar-refractivity contribution is 6.08. The number of aromatic nitrogens is 3. The minimum absolute atomic E-state index is 0.121. The second-order valence-electron chi connectivity index (χ2n) is 9.39. The van der Waals surface area contributed by atoms with Gasteiger partial charge in [0.25, 0.3) is 0 Å². The van der Waals surface area contributed by atoms with Crippen molar-refractivity contribution in [2.45, 2.75) is 45.8 Å². The maximum absolute atomic E-state index is 14.2. The minimum Gasteiger partial charge on any atom is -0.313 e. The molecule has 1 amide bonds. The smallest absolute Gasteiger partial charge is 0.313 e. The summed E-state index contributed by atoms with van der Waals surface area (Å²) in [6.45, 7) is 7.04. The SMILES string of the molecule is CCn1ncc2c(-c3ccc(F)cc3C)c(N(C)C(=O)C(C)(C)c3cc(F)cc(C(F)(F)F)c3)cnc21. The third-order valence-corrected chi connectivity index (χ3v) is 6.55. The first kappa shape index (κ1) is 26.2. The van der Waals surface area contributed by atoms with Crippen LogP contribution in [0, 0.1) is 18.6 Å². The fourth-order valence-corrected chi connectivity index (χ4v) is 4.46. The molecule has 2 aromatic carbocycles. The minimum atomic E-state index is -4.77. The number of hydrogen-bond donors (Lipinski definition) is 0. The van der Waals surface area contributed by atoms with Gasteiger partial charge in [0.2, 0.25) is 5.91 Å². The average Bonchev–Trinajstić information content (AvgIpc) is 3.25. The van der Waals surface area contributed by atoms with Crippen molar-refractivity contribution in [3.63, 3.8) is 0 Å². The summed E-state index contributed by atoms with van der Waals surface area (Å²) in [6, 6.07) is 6.38. The van der Waals surface area contributed by atoms with Crippen LogP contribution in [0.4, 0.5) is 27.6 Å². The summed E-state index contributed by atoms with van der Waals surface area (Å²) in [5.74, 6) is -2.10. The number of carbonyl (C=O) groups is 1. The highest BCUT2D eigenvalue weighted by Crippen LogP contribution is 2.40. The zero-order chi connectivity index (χ0) is 27.3. The number of alkyl halides is 3. The normalized spacial score (nSPS) is 12.3. The number of fused-ring (bicyclic) bond motifs is 1. The van der Waals surface area contributed by atoms with E-state index in [1.807, 2.05) is 6.92 Å². The Morgan fingerprint density at radius 1 is 1.00 bits per heavy atom. The Morgan fingerprint density at radius 3 is 2.30 bits per heavy atom. The summed E-state index contributed by atoms with van der Waals surface area (Å²) in [5, 5.41) is 4.98. The van der Waals surface area contributed by atoms with Crippen molar-refractivity contribution in [2.24, 2.45) is 0 Å². The van der Waals surface area contributed by atoms with Gasteiger partial charge in [0, 0.05) is 24.5 Å². The molecule has 0 radical (unpaired) electrons. The number of carbonyl (C=O) groups excluding carboxylic acids is 1. The van der Waals surface area contributed by atoms with E-state index in [1.165, 1.54) is 44.1 Å². The molecule has 0 unspecified atom stereocenters. The highest BCUT2D eigenvalue weighted by atomic mass is 19.4. The summed E-state index contributed by atoms with van der Waals surface area (Å²) >= 11 is 0. The molecule has 4 rings (SSSR count). The standard InChI is InChI=1S/C27H25F5N4O/c1-6-36-24-21(13-34-36)23(20-8-7-18(28)9-15(20)2)22(14-33-24)35(5)25(37)26(3,4)16-10-17(27(30,31)32)12-19(29)11-16/h7-14H,6H2,1-5H3. The largest absolute Gasteiger partial charge is 0.416 e. The third kappa shape index (κ3) is 4.68. The van der Waals surface area contributed by atoms with Crippen LogP contribution in [0.5, 0.6) is 0 Å². The van der Waals surface area contributed by atoms with Crippen molar-refractivity contribution in [3.05, 3.63) is 77.1 Å². The van der Waals surface area contributed by atoms with E-state index in [-0.39, 0.29) is 5.56 Å². The first-order chi connectivity index (χ1) is 17.3. The van der Waals surface area contributed by atoms with Crippen LogP contribution in [-0.2, 0) is 22.9 Å². The quantitative estimate of drug-likeness (QED) is 0.279.